The molecule has 0 bridgehead atoms. The number of anilines is 3. The molecule has 0 fully saturated rings. The van der Waals surface area contributed by atoms with Gasteiger partial charge in [-0.05, 0) is 91.0 Å². The molecule has 0 amide bonds. The molecule has 0 aliphatic carbocycles. The van der Waals surface area contributed by atoms with E-state index in [9.17, 15) is 0 Å². The van der Waals surface area contributed by atoms with Crippen LogP contribution in [0.5, 0.6) is 0 Å². The van der Waals surface area contributed by atoms with Gasteiger partial charge in [0.15, 0.2) is 0 Å². The van der Waals surface area contributed by atoms with Crippen LogP contribution >= 0.6 is 0 Å². The van der Waals surface area contributed by atoms with Crippen LogP contribution in [0.4, 0.5) is 17.1 Å². The van der Waals surface area contributed by atoms with Crippen LogP contribution in [0.1, 0.15) is 0 Å². The third-order valence-corrected chi connectivity index (χ3v) is 9.94. The van der Waals surface area contributed by atoms with Crippen molar-refractivity contribution in [3.05, 3.63) is 194 Å². The van der Waals surface area contributed by atoms with Crippen molar-refractivity contribution < 1.29 is 0 Å². The molecule has 0 aliphatic heterocycles. The summed E-state index contributed by atoms with van der Waals surface area (Å²) in [5.74, 6) is 0. The first-order valence-corrected chi connectivity index (χ1v) is 17.3. The van der Waals surface area contributed by atoms with Crippen molar-refractivity contribution in [3.63, 3.8) is 0 Å². The molecule has 10 aromatic rings. The van der Waals surface area contributed by atoms with Crippen molar-refractivity contribution in [1.29, 1.82) is 0 Å². The topological polar surface area (TPSA) is 26.0 Å². The maximum atomic E-state index is 4.64. The number of benzene rings is 7. The highest BCUT2D eigenvalue weighted by atomic mass is 15.1. The molecule has 0 N–H and O–H groups in total. The molecule has 0 saturated heterocycles. The molecule has 7 aromatic carbocycles. The van der Waals surface area contributed by atoms with E-state index >= 15 is 0 Å². The number of rotatable bonds is 6. The second kappa shape index (κ2) is 11.9. The number of fused-ring (bicyclic) bond motifs is 6. The fraction of sp³-hybridized carbons (Fsp3) is 0. The lowest BCUT2D eigenvalue weighted by Crippen LogP contribution is -2.10. The second-order valence-electron chi connectivity index (χ2n) is 12.8. The first-order valence-electron chi connectivity index (χ1n) is 17.3. The summed E-state index contributed by atoms with van der Waals surface area (Å²) in [6.45, 7) is 0. The highest BCUT2D eigenvalue weighted by Gasteiger charge is 2.21. The summed E-state index contributed by atoms with van der Waals surface area (Å²) in [4.78, 5) is 7.02. The van der Waals surface area contributed by atoms with E-state index in [0.29, 0.717) is 0 Å². The van der Waals surface area contributed by atoms with Gasteiger partial charge in [0.05, 0.1) is 33.4 Å². The van der Waals surface area contributed by atoms with Crippen molar-refractivity contribution in [2.75, 3.05) is 4.90 Å². The Hall–Kier alpha value is -6.91. The Kier molecular flexibility index (Phi) is 6.78. The van der Waals surface area contributed by atoms with Crippen LogP contribution in [0.25, 0.3) is 66.2 Å². The van der Waals surface area contributed by atoms with Crippen molar-refractivity contribution in [2.45, 2.75) is 0 Å². The lowest BCUT2D eigenvalue weighted by molar-refractivity contribution is 1.17. The van der Waals surface area contributed by atoms with E-state index in [-0.39, 0.29) is 0 Å². The fourth-order valence-corrected chi connectivity index (χ4v) is 7.76. The summed E-state index contributed by atoms with van der Waals surface area (Å²) in [5.41, 5.74) is 12.3. The quantitative estimate of drug-likeness (QED) is 0.179. The summed E-state index contributed by atoms with van der Waals surface area (Å²) in [7, 11) is 0. The number of aromatic nitrogens is 3. The Morgan fingerprint density at radius 1 is 0.392 bits per heavy atom. The molecule has 3 aromatic heterocycles. The Morgan fingerprint density at radius 2 is 0.961 bits per heavy atom. The van der Waals surface area contributed by atoms with Crippen LogP contribution in [0.15, 0.2) is 194 Å². The Bertz CT molecular complexity index is 2800. The van der Waals surface area contributed by atoms with Gasteiger partial charge in [-0.3, -0.25) is 4.98 Å². The maximum absolute atomic E-state index is 4.64. The second-order valence-corrected chi connectivity index (χ2v) is 12.8. The van der Waals surface area contributed by atoms with Crippen molar-refractivity contribution in [3.8, 4) is 22.6 Å². The molecule has 0 spiro atoms. The predicted octanol–water partition coefficient (Wildman–Crippen LogP) is 12.4. The standard InChI is InChI=1S/C47H32N4/c1-2-15-34(16-3-1)49(35-27-29-36(30-28-35)50-42-22-7-4-18-38(42)39-19-5-8-23-43(39)50)45-25-13-26-46-47(45)40-20-6-9-24-44(40)51(46)37-17-12-14-33(32-37)41-21-10-11-31-48-41/h1-32H. The SMILES string of the molecule is c1ccc(N(c2ccc(-n3c4ccccc4c4ccccc43)cc2)c2cccc3c2c2ccccc2n3-c2cccc(-c3ccccn3)c2)cc1. The van der Waals surface area contributed by atoms with E-state index in [1.807, 2.05) is 18.3 Å². The lowest BCUT2D eigenvalue weighted by atomic mass is 10.1. The van der Waals surface area contributed by atoms with Gasteiger partial charge in [-0.25, -0.2) is 0 Å². The van der Waals surface area contributed by atoms with Gasteiger partial charge >= 0.3 is 0 Å². The van der Waals surface area contributed by atoms with E-state index < -0.39 is 0 Å². The minimum atomic E-state index is 0.959. The zero-order chi connectivity index (χ0) is 33.7. The van der Waals surface area contributed by atoms with Crippen molar-refractivity contribution in [1.82, 2.24) is 14.1 Å². The molecular weight excluding hydrogens is 621 g/mol. The largest absolute Gasteiger partial charge is 0.310 e. The fourth-order valence-electron chi connectivity index (χ4n) is 7.76. The Morgan fingerprint density at radius 3 is 1.67 bits per heavy atom. The van der Waals surface area contributed by atoms with Gasteiger partial charge in [-0.1, -0.05) is 97.1 Å². The number of pyridine rings is 1. The van der Waals surface area contributed by atoms with Crippen LogP contribution in [-0.4, -0.2) is 14.1 Å². The van der Waals surface area contributed by atoms with Crippen LogP contribution < -0.4 is 4.90 Å². The van der Waals surface area contributed by atoms with Gasteiger partial charge in [-0.2, -0.15) is 0 Å². The zero-order valence-corrected chi connectivity index (χ0v) is 27.8. The van der Waals surface area contributed by atoms with Gasteiger partial charge in [0.25, 0.3) is 0 Å². The molecule has 4 heteroatoms. The first-order chi connectivity index (χ1) is 25.3. The molecule has 0 radical (unpaired) electrons. The average Bonchev–Trinajstić information content (AvgIpc) is 3.73. The minimum Gasteiger partial charge on any atom is -0.310 e. The Labute approximate surface area is 295 Å². The molecule has 3 heterocycles. The smallest absolute Gasteiger partial charge is 0.0702 e. The molecule has 4 nitrogen and oxygen atoms in total. The highest BCUT2D eigenvalue weighted by Crippen LogP contribution is 2.44. The molecule has 0 unspecified atom stereocenters. The molecule has 240 valence electrons. The van der Waals surface area contributed by atoms with Gasteiger partial charge in [0.1, 0.15) is 0 Å². The molecular formula is C47H32N4. The third kappa shape index (κ3) is 4.72. The van der Waals surface area contributed by atoms with Crippen LogP contribution in [0.2, 0.25) is 0 Å². The van der Waals surface area contributed by atoms with Crippen LogP contribution in [-0.2, 0) is 0 Å². The first kappa shape index (κ1) is 29.0. The lowest BCUT2D eigenvalue weighted by Gasteiger charge is -2.27. The van der Waals surface area contributed by atoms with Gasteiger partial charge < -0.3 is 14.0 Å². The third-order valence-electron chi connectivity index (χ3n) is 9.94. The highest BCUT2D eigenvalue weighted by molar-refractivity contribution is 6.16. The van der Waals surface area contributed by atoms with Crippen LogP contribution in [0, 0.1) is 0 Å². The summed E-state index contributed by atoms with van der Waals surface area (Å²) < 4.78 is 4.75. The summed E-state index contributed by atoms with van der Waals surface area (Å²) in [6.07, 6.45) is 1.85. The average molecular weight is 653 g/mol. The normalized spacial score (nSPS) is 11.5. The van der Waals surface area contributed by atoms with Crippen LogP contribution in [0.3, 0.4) is 0 Å². The Balaban J connectivity index is 1.17. The van der Waals surface area contributed by atoms with E-state index in [1.54, 1.807) is 0 Å². The van der Waals surface area contributed by atoms with E-state index in [2.05, 4.69) is 195 Å². The minimum absolute atomic E-state index is 0.959. The van der Waals surface area contributed by atoms with Crippen molar-refractivity contribution >= 4 is 60.7 Å². The molecule has 0 aliphatic rings. The predicted molar refractivity (Wildman–Crippen MR) is 213 cm³/mol. The molecule has 10 rings (SSSR count). The summed E-state index contributed by atoms with van der Waals surface area (Å²) in [5, 5.41) is 4.93. The van der Waals surface area contributed by atoms with E-state index in [4.69, 9.17) is 0 Å². The van der Waals surface area contributed by atoms with E-state index in [1.165, 1.54) is 32.6 Å². The number of hydrogen-bond donors (Lipinski definition) is 0. The monoisotopic (exact) mass is 652 g/mol. The van der Waals surface area contributed by atoms with Gasteiger partial charge in [0.2, 0.25) is 0 Å². The van der Waals surface area contributed by atoms with E-state index in [0.717, 1.165) is 50.7 Å². The maximum Gasteiger partial charge on any atom is 0.0702 e. The van der Waals surface area contributed by atoms with Gasteiger partial charge in [0, 0.05) is 56.1 Å². The molecule has 51 heavy (non-hydrogen) atoms. The van der Waals surface area contributed by atoms with Gasteiger partial charge in [-0.15, -0.1) is 0 Å². The number of hydrogen-bond acceptors (Lipinski definition) is 2. The zero-order valence-electron chi connectivity index (χ0n) is 27.8. The molecule has 0 saturated carbocycles. The molecule has 0 atom stereocenters. The number of nitrogens with zero attached hydrogens (tertiary/aromatic N) is 4. The number of para-hydroxylation sites is 4. The van der Waals surface area contributed by atoms with Crippen molar-refractivity contribution in [2.24, 2.45) is 0 Å². The summed E-state index contributed by atoms with van der Waals surface area (Å²) in [6, 6.07) is 67.1. The summed E-state index contributed by atoms with van der Waals surface area (Å²) >= 11 is 0.